The zero-order chi connectivity index (χ0) is 24.0. The monoisotopic (exact) mass is 467 g/mol. The second-order valence-electron chi connectivity index (χ2n) is 7.86. The summed E-state index contributed by atoms with van der Waals surface area (Å²) in [7, 11) is 2.07. The molecule has 0 unspecified atom stereocenters. The minimum Gasteiger partial charge on any atom is -0.406 e. The molecule has 6 nitrogen and oxygen atoms in total. The Labute approximate surface area is 189 Å². The van der Waals surface area contributed by atoms with Gasteiger partial charge in [0.05, 0.1) is 11.3 Å². The van der Waals surface area contributed by atoms with Crippen molar-refractivity contribution >= 4 is 17.4 Å². The Kier molecular flexibility index (Phi) is 8.04. The Morgan fingerprint density at radius 3 is 2.39 bits per heavy atom. The number of hydrogen-bond acceptors (Lipinski definition) is 5. The molecule has 0 atom stereocenters. The third-order valence-electron chi connectivity index (χ3n) is 5.37. The molecule has 3 rings (SSSR count). The standard InChI is InChI=1S/C23H25F4N3O3/c1-29-11-13-30(14-12-29)10-4-7-21(31)18-5-2-3-6-20(18)28-22(32)17-9-8-16(15-19(17)24)33-23(25,26)27/h2-3,5-6,8-9,15H,4,7,10-14H2,1H3,(H,28,32). The molecule has 1 aliphatic heterocycles. The van der Waals surface area contributed by atoms with Gasteiger partial charge >= 0.3 is 6.36 Å². The summed E-state index contributed by atoms with van der Waals surface area (Å²) in [6.07, 6.45) is -4.02. The lowest BCUT2D eigenvalue weighted by Crippen LogP contribution is -2.44. The van der Waals surface area contributed by atoms with E-state index in [1.54, 1.807) is 18.2 Å². The summed E-state index contributed by atoms with van der Waals surface area (Å²) in [5, 5.41) is 2.48. The number of nitrogens with one attached hydrogen (secondary N) is 1. The van der Waals surface area contributed by atoms with Crippen molar-refractivity contribution in [1.29, 1.82) is 0 Å². The zero-order valence-electron chi connectivity index (χ0n) is 18.1. The van der Waals surface area contributed by atoms with Crippen LogP contribution >= 0.6 is 0 Å². The van der Waals surface area contributed by atoms with Crippen molar-refractivity contribution < 1.29 is 31.9 Å². The summed E-state index contributed by atoms with van der Waals surface area (Å²) >= 11 is 0. The average molecular weight is 467 g/mol. The van der Waals surface area contributed by atoms with E-state index in [2.05, 4.69) is 26.9 Å². The van der Waals surface area contributed by atoms with Gasteiger partial charge in [-0.3, -0.25) is 9.59 Å². The van der Waals surface area contributed by atoms with Crippen molar-refractivity contribution in [3.63, 3.8) is 0 Å². The number of alkyl halides is 3. The summed E-state index contributed by atoms with van der Waals surface area (Å²) in [6, 6.07) is 8.60. The van der Waals surface area contributed by atoms with Gasteiger partial charge in [0, 0.05) is 44.2 Å². The molecule has 1 fully saturated rings. The van der Waals surface area contributed by atoms with Gasteiger partial charge in [-0.15, -0.1) is 13.2 Å². The van der Waals surface area contributed by atoms with Gasteiger partial charge in [-0.05, 0) is 44.3 Å². The van der Waals surface area contributed by atoms with Crippen LogP contribution in [0.4, 0.5) is 23.2 Å². The molecule has 2 aromatic carbocycles. The number of anilines is 1. The number of carbonyl (C=O) groups excluding carboxylic acids is 2. The van der Waals surface area contributed by atoms with Crippen LogP contribution in [-0.4, -0.2) is 67.6 Å². The molecule has 2 aromatic rings. The predicted octanol–water partition coefficient (Wildman–Crippen LogP) is 4.19. The molecule has 0 aliphatic carbocycles. The Morgan fingerprint density at radius 1 is 1.03 bits per heavy atom. The first-order chi connectivity index (χ1) is 15.6. The van der Waals surface area contributed by atoms with E-state index in [0.717, 1.165) is 44.9 Å². The number of carbonyl (C=O) groups is 2. The Hall–Kier alpha value is -2.98. The summed E-state index contributed by atoms with van der Waals surface area (Å²) in [5.74, 6) is -2.99. The highest BCUT2D eigenvalue weighted by molar-refractivity contribution is 6.09. The third-order valence-corrected chi connectivity index (χ3v) is 5.37. The highest BCUT2D eigenvalue weighted by atomic mass is 19.4. The maximum Gasteiger partial charge on any atom is 0.573 e. The number of piperazine rings is 1. The van der Waals surface area contributed by atoms with Gasteiger partial charge in [0.2, 0.25) is 0 Å². The quantitative estimate of drug-likeness (QED) is 0.466. The number of halogens is 4. The highest BCUT2D eigenvalue weighted by Gasteiger charge is 2.31. The topological polar surface area (TPSA) is 61.9 Å². The number of para-hydroxylation sites is 1. The van der Waals surface area contributed by atoms with E-state index >= 15 is 0 Å². The van der Waals surface area contributed by atoms with Crippen LogP contribution in [0.2, 0.25) is 0 Å². The van der Waals surface area contributed by atoms with Crippen molar-refractivity contribution in [2.75, 3.05) is 45.1 Å². The van der Waals surface area contributed by atoms with Crippen LogP contribution in [0.15, 0.2) is 42.5 Å². The van der Waals surface area contributed by atoms with Crippen molar-refractivity contribution in [3.05, 3.63) is 59.4 Å². The number of nitrogens with zero attached hydrogens (tertiary/aromatic N) is 2. The number of rotatable bonds is 8. The fraction of sp³-hybridized carbons (Fsp3) is 0.391. The number of ether oxygens (including phenoxy) is 1. The van der Waals surface area contributed by atoms with E-state index in [1.165, 1.54) is 6.07 Å². The minimum absolute atomic E-state index is 0.158. The molecular weight excluding hydrogens is 442 g/mol. The van der Waals surface area contributed by atoms with Gasteiger partial charge in [0.1, 0.15) is 11.6 Å². The normalized spacial score (nSPS) is 15.3. The first-order valence-electron chi connectivity index (χ1n) is 10.5. The van der Waals surface area contributed by atoms with Crippen LogP contribution in [0.3, 0.4) is 0 Å². The largest absolute Gasteiger partial charge is 0.573 e. The smallest absolute Gasteiger partial charge is 0.406 e. The second-order valence-corrected chi connectivity index (χ2v) is 7.86. The number of hydrogen-bond donors (Lipinski definition) is 1. The first-order valence-corrected chi connectivity index (χ1v) is 10.5. The number of benzene rings is 2. The summed E-state index contributed by atoms with van der Waals surface area (Å²) in [5.41, 5.74) is 0.0330. The van der Waals surface area contributed by atoms with Crippen molar-refractivity contribution in [2.45, 2.75) is 19.2 Å². The van der Waals surface area contributed by atoms with Crippen LogP contribution in [0, 0.1) is 5.82 Å². The third kappa shape index (κ3) is 7.26. The molecule has 1 saturated heterocycles. The molecular formula is C23H25F4N3O3. The van der Waals surface area contributed by atoms with E-state index in [1.807, 2.05) is 0 Å². The van der Waals surface area contributed by atoms with E-state index in [4.69, 9.17) is 0 Å². The van der Waals surface area contributed by atoms with Crippen molar-refractivity contribution in [1.82, 2.24) is 9.80 Å². The molecule has 0 spiro atoms. The second kappa shape index (κ2) is 10.8. The van der Waals surface area contributed by atoms with E-state index in [0.29, 0.717) is 18.1 Å². The molecule has 10 heteroatoms. The van der Waals surface area contributed by atoms with Gasteiger partial charge in [0.25, 0.3) is 5.91 Å². The number of Topliss-reactive ketones (excluding diaryl/α,β-unsaturated/α-hetero) is 1. The average Bonchev–Trinajstić information content (AvgIpc) is 2.74. The van der Waals surface area contributed by atoms with Gasteiger partial charge < -0.3 is 19.9 Å². The summed E-state index contributed by atoms with van der Waals surface area (Å²) < 4.78 is 54.7. The lowest BCUT2D eigenvalue weighted by Gasteiger charge is -2.32. The Morgan fingerprint density at radius 2 is 1.73 bits per heavy atom. The van der Waals surface area contributed by atoms with Crippen LogP contribution in [0.5, 0.6) is 5.75 Å². The first kappa shape index (κ1) is 24.7. The number of ketones is 1. The molecule has 1 aliphatic rings. The maximum absolute atomic E-state index is 14.2. The fourth-order valence-corrected chi connectivity index (χ4v) is 3.57. The molecule has 0 saturated carbocycles. The van der Waals surface area contributed by atoms with Crippen LogP contribution in [0.1, 0.15) is 33.6 Å². The van der Waals surface area contributed by atoms with Crippen molar-refractivity contribution in [3.8, 4) is 5.75 Å². The minimum atomic E-state index is -4.97. The Bertz CT molecular complexity index is 989. The molecule has 0 aromatic heterocycles. The SMILES string of the molecule is CN1CCN(CCCC(=O)c2ccccc2NC(=O)c2ccc(OC(F)(F)F)cc2F)CC1. The highest BCUT2D eigenvalue weighted by Crippen LogP contribution is 2.25. The summed E-state index contributed by atoms with van der Waals surface area (Å²) in [6.45, 7) is 4.68. The maximum atomic E-state index is 14.2. The van der Waals surface area contributed by atoms with E-state index in [9.17, 15) is 27.2 Å². The van der Waals surface area contributed by atoms with Gasteiger partial charge in [-0.1, -0.05) is 12.1 Å². The zero-order valence-corrected chi connectivity index (χ0v) is 18.1. The number of amides is 1. The molecule has 0 bridgehead atoms. The molecule has 178 valence electrons. The lowest BCUT2D eigenvalue weighted by atomic mass is 10.0. The van der Waals surface area contributed by atoms with Gasteiger partial charge in [-0.25, -0.2) is 4.39 Å². The molecule has 0 radical (unpaired) electrons. The van der Waals surface area contributed by atoms with Crippen LogP contribution < -0.4 is 10.1 Å². The fourth-order valence-electron chi connectivity index (χ4n) is 3.57. The summed E-state index contributed by atoms with van der Waals surface area (Å²) in [4.78, 5) is 29.8. The van der Waals surface area contributed by atoms with Crippen molar-refractivity contribution in [2.24, 2.45) is 0 Å². The van der Waals surface area contributed by atoms with Gasteiger partial charge in [0.15, 0.2) is 5.78 Å². The van der Waals surface area contributed by atoms with Crippen LogP contribution in [0.25, 0.3) is 0 Å². The Balaban J connectivity index is 1.61. The number of likely N-dealkylation sites (N-methyl/N-ethyl adjacent to an activating group) is 1. The molecule has 1 amide bonds. The van der Waals surface area contributed by atoms with E-state index in [-0.39, 0.29) is 17.9 Å². The molecule has 1 N–H and O–H groups in total. The lowest BCUT2D eigenvalue weighted by molar-refractivity contribution is -0.274. The van der Waals surface area contributed by atoms with Gasteiger partial charge in [-0.2, -0.15) is 0 Å². The molecule has 33 heavy (non-hydrogen) atoms. The van der Waals surface area contributed by atoms with E-state index < -0.39 is 29.4 Å². The predicted molar refractivity (Wildman–Crippen MR) is 115 cm³/mol. The molecule has 1 heterocycles. The van der Waals surface area contributed by atoms with Crippen LogP contribution in [-0.2, 0) is 0 Å².